The normalized spacial score (nSPS) is 38.8. The third-order valence-electron chi connectivity index (χ3n) is 7.65. The summed E-state index contributed by atoms with van der Waals surface area (Å²) >= 11 is 0. The van der Waals surface area contributed by atoms with E-state index >= 15 is 0 Å². The molecule has 2 aliphatic carbocycles. The van der Waals surface area contributed by atoms with Crippen LogP contribution in [0.15, 0.2) is 11.6 Å². The minimum atomic E-state index is -0.882. The Balaban J connectivity index is 1.36. The summed E-state index contributed by atoms with van der Waals surface area (Å²) in [5, 5.41) is 19.7. The molecule has 3 fully saturated rings. The van der Waals surface area contributed by atoms with Crippen LogP contribution in [0.25, 0.3) is 0 Å². The van der Waals surface area contributed by atoms with Crippen molar-refractivity contribution < 1.29 is 24.5 Å². The molecule has 1 amide bonds. The molecule has 1 saturated heterocycles. The van der Waals surface area contributed by atoms with Crippen molar-refractivity contribution in [1.82, 2.24) is 4.90 Å². The van der Waals surface area contributed by atoms with Crippen molar-refractivity contribution in [3.8, 4) is 0 Å². The number of esters is 1. The third-order valence-corrected chi connectivity index (χ3v) is 7.65. The predicted octanol–water partition coefficient (Wildman–Crippen LogP) is 0.974. The van der Waals surface area contributed by atoms with Crippen LogP contribution in [-0.2, 0) is 14.3 Å². The van der Waals surface area contributed by atoms with Gasteiger partial charge in [0.05, 0.1) is 12.2 Å². The molecule has 4 N–H and O–H groups in total. The molecule has 162 valence electrons. The summed E-state index contributed by atoms with van der Waals surface area (Å²) in [4.78, 5) is 27.2. The number of rotatable bonds is 3. The van der Waals surface area contributed by atoms with E-state index < -0.39 is 24.3 Å². The fourth-order valence-electron chi connectivity index (χ4n) is 5.83. The number of amides is 1. The van der Waals surface area contributed by atoms with Crippen LogP contribution in [0.3, 0.4) is 0 Å². The van der Waals surface area contributed by atoms with Gasteiger partial charge in [0.25, 0.3) is 5.91 Å². The number of aliphatic hydroxyl groups excluding tert-OH is 2. The maximum atomic E-state index is 13.0. The number of hydrogen-bond acceptors (Lipinski definition) is 6. The number of carbonyl (C=O) groups excluding carboxylic acids is 2. The van der Waals surface area contributed by atoms with Gasteiger partial charge in [0, 0.05) is 25.4 Å². The summed E-state index contributed by atoms with van der Waals surface area (Å²) in [6.07, 6.45) is 6.96. The summed E-state index contributed by atoms with van der Waals surface area (Å²) in [6.45, 7) is 2.12. The van der Waals surface area contributed by atoms with E-state index in [1.165, 1.54) is 25.7 Å². The van der Waals surface area contributed by atoms with Gasteiger partial charge in [0.15, 0.2) is 0 Å². The highest BCUT2D eigenvalue weighted by Crippen LogP contribution is 2.39. The van der Waals surface area contributed by atoms with E-state index in [4.69, 9.17) is 10.5 Å². The molecular formula is C22H34N2O5. The van der Waals surface area contributed by atoms with Crippen molar-refractivity contribution in [2.75, 3.05) is 19.6 Å². The van der Waals surface area contributed by atoms with E-state index in [-0.39, 0.29) is 23.8 Å². The highest BCUT2D eigenvalue weighted by Gasteiger charge is 2.43. The molecule has 7 heteroatoms. The van der Waals surface area contributed by atoms with E-state index in [0.29, 0.717) is 37.3 Å². The summed E-state index contributed by atoms with van der Waals surface area (Å²) in [6, 6.07) is 0. The van der Waals surface area contributed by atoms with Crippen LogP contribution in [-0.4, -0.2) is 64.9 Å². The van der Waals surface area contributed by atoms with E-state index in [2.05, 4.69) is 0 Å². The highest BCUT2D eigenvalue weighted by molar-refractivity contribution is 6.16. The van der Waals surface area contributed by atoms with Gasteiger partial charge in [-0.15, -0.1) is 0 Å². The van der Waals surface area contributed by atoms with Crippen molar-refractivity contribution in [3.05, 3.63) is 11.6 Å². The van der Waals surface area contributed by atoms with E-state index in [9.17, 15) is 19.8 Å². The number of carbonyl (C=O) groups is 2. The van der Waals surface area contributed by atoms with Crippen LogP contribution in [0, 0.1) is 23.7 Å². The van der Waals surface area contributed by atoms with Crippen molar-refractivity contribution in [2.24, 2.45) is 29.4 Å². The molecule has 2 aliphatic heterocycles. The zero-order chi connectivity index (χ0) is 20.5. The zero-order valence-corrected chi connectivity index (χ0v) is 17.0. The average molecular weight is 407 g/mol. The number of aliphatic hydroxyl groups is 2. The Kier molecular flexibility index (Phi) is 6.27. The Morgan fingerprint density at radius 2 is 1.79 bits per heavy atom. The second kappa shape index (κ2) is 8.74. The Bertz CT molecular complexity index is 658. The molecular weight excluding hydrogens is 372 g/mol. The van der Waals surface area contributed by atoms with Gasteiger partial charge < -0.3 is 25.6 Å². The summed E-state index contributed by atoms with van der Waals surface area (Å²) in [5.41, 5.74) is 5.97. The molecule has 6 unspecified atom stereocenters. The van der Waals surface area contributed by atoms with Gasteiger partial charge in [-0.05, 0) is 56.4 Å². The van der Waals surface area contributed by atoms with Crippen molar-refractivity contribution >= 4 is 11.9 Å². The third kappa shape index (κ3) is 4.37. The predicted molar refractivity (Wildman–Crippen MR) is 107 cm³/mol. The smallest absolute Gasteiger partial charge is 0.343 e. The first-order valence-corrected chi connectivity index (χ1v) is 11.2. The molecule has 0 aromatic carbocycles. The van der Waals surface area contributed by atoms with Gasteiger partial charge in [0.1, 0.15) is 11.7 Å². The lowest BCUT2D eigenvalue weighted by atomic mass is 9.72. The van der Waals surface area contributed by atoms with Gasteiger partial charge in [0.2, 0.25) is 0 Å². The van der Waals surface area contributed by atoms with Crippen molar-refractivity contribution in [2.45, 2.75) is 69.7 Å². The number of nitrogens with zero attached hydrogens (tertiary/aromatic N) is 1. The summed E-state index contributed by atoms with van der Waals surface area (Å²) in [7, 11) is 0. The fourth-order valence-corrected chi connectivity index (χ4v) is 5.83. The number of nitrogens with two attached hydrogens (primary N) is 1. The Morgan fingerprint density at radius 3 is 2.52 bits per heavy atom. The van der Waals surface area contributed by atoms with Gasteiger partial charge >= 0.3 is 5.97 Å². The molecule has 2 heterocycles. The SMILES string of the molecule is NCC1CCCC(C2CCN(C(=O)C3=CC4CC(O)C(O)CC4OC3=O)CC2)C1. The molecule has 4 rings (SSSR count). The molecule has 4 aliphatic rings. The lowest BCUT2D eigenvalue weighted by Crippen LogP contribution is -2.48. The first-order valence-electron chi connectivity index (χ1n) is 11.2. The topological polar surface area (TPSA) is 113 Å². The highest BCUT2D eigenvalue weighted by atomic mass is 16.5. The molecule has 0 spiro atoms. The maximum absolute atomic E-state index is 13.0. The largest absolute Gasteiger partial charge is 0.458 e. The lowest BCUT2D eigenvalue weighted by Gasteiger charge is -2.41. The number of fused-ring (bicyclic) bond motifs is 1. The quantitative estimate of drug-likeness (QED) is 0.476. The monoisotopic (exact) mass is 406 g/mol. The van der Waals surface area contributed by atoms with Crippen LogP contribution < -0.4 is 5.73 Å². The van der Waals surface area contributed by atoms with E-state index in [0.717, 1.165) is 19.4 Å². The molecule has 2 saturated carbocycles. The minimum Gasteiger partial charge on any atom is -0.458 e. The molecule has 0 aromatic heterocycles. The molecule has 0 aromatic rings. The van der Waals surface area contributed by atoms with E-state index in [1.54, 1.807) is 11.0 Å². The Labute approximate surface area is 172 Å². The number of likely N-dealkylation sites (tertiary alicyclic amines) is 1. The molecule has 0 bridgehead atoms. The molecule has 29 heavy (non-hydrogen) atoms. The van der Waals surface area contributed by atoms with Crippen molar-refractivity contribution in [3.63, 3.8) is 0 Å². The average Bonchev–Trinajstić information content (AvgIpc) is 2.74. The number of piperidine rings is 1. The number of hydrogen-bond donors (Lipinski definition) is 3. The molecule has 6 atom stereocenters. The standard InChI is InChI=1S/C22H34N2O5/c23-12-13-2-1-3-15(8-13)14-4-6-24(7-5-14)21(27)17-9-16-10-18(25)19(26)11-20(16)29-22(17)28/h9,13-16,18-20,25-26H,1-8,10-12,23H2. The van der Waals surface area contributed by atoms with Crippen LogP contribution in [0.5, 0.6) is 0 Å². The summed E-state index contributed by atoms with van der Waals surface area (Å²) in [5.74, 6) is 0.936. The van der Waals surface area contributed by atoms with Crippen LogP contribution in [0.4, 0.5) is 0 Å². The van der Waals surface area contributed by atoms with Crippen molar-refractivity contribution in [1.29, 1.82) is 0 Å². The Hall–Kier alpha value is -1.44. The number of ether oxygens (including phenoxy) is 1. The Morgan fingerprint density at radius 1 is 1.07 bits per heavy atom. The van der Waals surface area contributed by atoms with E-state index in [1.807, 2.05) is 0 Å². The maximum Gasteiger partial charge on any atom is 0.343 e. The first-order chi connectivity index (χ1) is 14.0. The fraction of sp³-hybridized carbons (Fsp3) is 0.818. The molecule has 7 nitrogen and oxygen atoms in total. The van der Waals surface area contributed by atoms with Crippen LogP contribution in [0.1, 0.15) is 51.4 Å². The second-order valence-corrected chi connectivity index (χ2v) is 9.45. The van der Waals surface area contributed by atoms with Crippen LogP contribution in [0.2, 0.25) is 0 Å². The van der Waals surface area contributed by atoms with Gasteiger partial charge in [-0.2, -0.15) is 0 Å². The second-order valence-electron chi connectivity index (χ2n) is 9.45. The van der Waals surface area contributed by atoms with Crippen LogP contribution >= 0.6 is 0 Å². The first kappa shape index (κ1) is 20.8. The minimum absolute atomic E-state index is 0.0918. The lowest BCUT2D eigenvalue weighted by molar-refractivity contribution is -0.159. The summed E-state index contributed by atoms with van der Waals surface area (Å²) < 4.78 is 5.44. The van der Waals surface area contributed by atoms with Gasteiger partial charge in [-0.3, -0.25) is 4.79 Å². The zero-order valence-electron chi connectivity index (χ0n) is 17.0. The van der Waals surface area contributed by atoms with Gasteiger partial charge in [-0.25, -0.2) is 4.79 Å². The van der Waals surface area contributed by atoms with Gasteiger partial charge in [-0.1, -0.05) is 18.9 Å². The molecule has 0 radical (unpaired) electrons.